The molecule has 1 atom stereocenters. The van der Waals surface area contributed by atoms with Crippen LogP contribution in [0.1, 0.15) is 10.6 Å². The van der Waals surface area contributed by atoms with Gasteiger partial charge in [-0.2, -0.15) is 0 Å². The number of amides is 1. The van der Waals surface area contributed by atoms with Crippen LogP contribution >= 0.6 is 0 Å². The van der Waals surface area contributed by atoms with E-state index in [1.165, 1.54) is 0 Å². The molecule has 2 aromatic carbocycles. The number of fused-ring (bicyclic) bond motifs is 1. The largest absolute Gasteiger partial charge is 0.495 e. The van der Waals surface area contributed by atoms with Gasteiger partial charge in [0.2, 0.25) is 0 Å². The molecule has 3 N–H and O–H groups in total. The van der Waals surface area contributed by atoms with Crippen molar-refractivity contribution in [2.24, 2.45) is 5.73 Å². The lowest BCUT2D eigenvalue weighted by molar-refractivity contribution is 0.0663. The number of para-hydroxylation sites is 2. The zero-order chi connectivity index (χ0) is 21.8. The van der Waals surface area contributed by atoms with E-state index in [1.807, 2.05) is 18.2 Å². The van der Waals surface area contributed by atoms with Crippen LogP contribution in [-0.4, -0.2) is 68.5 Å². The van der Waals surface area contributed by atoms with Gasteiger partial charge in [0.15, 0.2) is 5.76 Å². The number of carbonyl (C=O) groups is 1. The van der Waals surface area contributed by atoms with Gasteiger partial charge in [0, 0.05) is 44.2 Å². The summed E-state index contributed by atoms with van der Waals surface area (Å²) >= 11 is 0. The molecule has 0 radical (unpaired) electrons. The molecule has 0 spiro atoms. The molecule has 0 aliphatic carbocycles. The normalized spacial score (nSPS) is 15.7. The molecule has 8 nitrogen and oxygen atoms in total. The van der Waals surface area contributed by atoms with Crippen molar-refractivity contribution >= 4 is 22.6 Å². The molecular weight excluding hydrogens is 398 g/mol. The highest BCUT2D eigenvalue weighted by atomic mass is 16.5. The molecule has 8 heteroatoms. The molecule has 1 aromatic heterocycles. The molecule has 1 saturated heterocycles. The van der Waals surface area contributed by atoms with Gasteiger partial charge in [-0.1, -0.05) is 12.1 Å². The predicted molar refractivity (Wildman–Crippen MR) is 118 cm³/mol. The van der Waals surface area contributed by atoms with Crippen molar-refractivity contribution in [2.75, 3.05) is 51.3 Å². The Hall–Kier alpha value is -3.23. The smallest absolute Gasteiger partial charge is 0.284 e. The van der Waals surface area contributed by atoms with Crippen LogP contribution < -0.4 is 20.1 Å². The van der Waals surface area contributed by atoms with Crippen molar-refractivity contribution in [3.05, 3.63) is 54.3 Å². The molecule has 1 amide bonds. The summed E-state index contributed by atoms with van der Waals surface area (Å²) in [6.07, 6.45) is -0.619. The Morgan fingerprint density at radius 3 is 2.68 bits per heavy atom. The van der Waals surface area contributed by atoms with Crippen molar-refractivity contribution in [3.63, 3.8) is 0 Å². The number of hydrogen-bond donors (Lipinski definition) is 2. The van der Waals surface area contributed by atoms with Crippen LogP contribution in [-0.2, 0) is 0 Å². The van der Waals surface area contributed by atoms with Crippen molar-refractivity contribution < 1.29 is 23.8 Å². The van der Waals surface area contributed by atoms with Crippen LogP contribution in [0.25, 0.3) is 11.0 Å². The lowest BCUT2D eigenvalue weighted by Gasteiger charge is -2.37. The van der Waals surface area contributed by atoms with Gasteiger partial charge in [0.05, 0.1) is 12.8 Å². The minimum Gasteiger partial charge on any atom is -0.495 e. The van der Waals surface area contributed by atoms with E-state index in [4.69, 9.17) is 19.6 Å². The predicted octanol–water partition coefficient (Wildman–Crippen LogP) is 2.10. The monoisotopic (exact) mass is 425 g/mol. The minimum absolute atomic E-state index is 0.111. The molecule has 0 saturated carbocycles. The second kappa shape index (κ2) is 9.28. The number of hydrogen-bond acceptors (Lipinski definition) is 7. The zero-order valence-electron chi connectivity index (χ0n) is 17.5. The second-order valence-corrected chi connectivity index (χ2v) is 7.60. The van der Waals surface area contributed by atoms with E-state index in [0.29, 0.717) is 17.9 Å². The Morgan fingerprint density at radius 1 is 1.16 bits per heavy atom. The summed E-state index contributed by atoms with van der Waals surface area (Å²) in [5, 5.41) is 11.2. The van der Waals surface area contributed by atoms with Crippen LogP contribution in [0.15, 0.2) is 52.9 Å². The summed E-state index contributed by atoms with van der Waals surface area (Å²) in [6, 6.07) is 14.9. The summed E-state index contributed by atoms with van der Waals surface area (Å²) in [4.78, 5) is 15.8. The number of aliphatic hydroxyl groups excluding tert-OH is 1. The minimum atomic E-state index is -0.619. The van der Waals surface area contributed by atoms with Gasteiger partial charge in [-0.05, 0) is 30.3 Å². The number of β-amino-alcohol motifs (C(OH)–C–C–N with tert-alkyl or cyclic N) is 1. The maximum absolute atomic E-state index is 11.2. The Kier molecular flexibility index (Phi) is 6.29. The highest BCUT2D eigenvalue weighted by Crippen LogP contribution is 2.28. The van der Waals surface area contributed by atoms with Gasteiger partial charge < -0.3 is 29.6 Å². The quantitative estimate of drug-likeness (QED) is 0.570. The summed E-state index contributed by atoms with van der Waals surface area (Å²) in [5.74, 6) is 0.943. The number of nitrogens with two attached hydrogens (primary N) is 1. The number of nitrogens with zero attached hydrogens (tertiary/aromatic N) is 2. The molecule has 164 valence electrons. The first kappa shape index (κ1) is 21.0. The van der Waals surface area contributed by atoms with Gasteiger partial charge in [0.1, 0.15) is 29.8 Å². The van der Waals surface area contributed by atoms with Gasteiger partial charge >= 0.3 is 0 Å². The maximum atomic E-state index is 11.2. The molecular formula is C23H27N3O5. The van der Waals surface area contributed by atoms with Crippen LogP contribution in [0.4, 0.5) is 5.69 Å². The highest BCUT2D eigenvalue weighted by molar-refractivity contribution is 5.95. The van der Waals surface area contributed by atoms with Crippen molar-refractivity contribution in [1.29, 1.82) is 0 Å². The van der Waals surface area contributed by atoms with Crippen molar-refractivity contribution in [1.82, 2.24) is 4.90 Å². The number of rotatable bonds is 8. The third-order valence-corrected chi connectivity index (χ3v) is 5.44. The van der Waals surface area contributed by atoms with E-state index in [1.54, 1.807) is 31.4 Å². The average molecular weight is 425 g/mol. The fourth-order valence-electron chi connectivity index (χ4n) is 3.83. The topological polar surface area (TPSA) is 101 Å². The fourth-order valence-corrected chi connectivity index (χ4v) is 3.83. The molecule has 0 bridgehead atoms. The van der Waals surface area contributed by atoms with E-state index in [9.17, 15) is 9.90 Å². The van der Waals surface area contributed by atoms with E-state index in [2.05, 4.69) is 15.9 Å². The van der Waals surface area contributed by atoms with E-state index in [0.717, 1.165) is 43.0 Å². The van der Waals surface area contributed by atoms with E-state index < -0.39 is 12.0 Å². The first-order valence-corrected chi connectivity index (χ1v) is 10.3. The highest BCUT2D eigenvalue weighted by Gasteiger charge is 2.21. The molecule has 2 heterocycles. The number of furan rings is 1. The zero-order valence-corrected chi connectivity index (χ0v) is 17.5. The lowest BCUT2D eigenvalue weighted by atomic mass is 10.2. The van der Waals surface area contributed by atoms with Gasteiger partial charge in [-0.25, -0.2) is 0 Å². The number of aliphatic hydroxyl groups is 1. The van der Waals surface area contributed by atoms with Crippen molar-refractivity contribution in [3.8, 4) is 11.5 Å². The maximum Gasteiger partial charge on any atom is 0.284 e. The summed E-state index contributed by atoms with van der Waals surface area (Å²) < 4.78 is 16.6. The van der Waals surface area contributed by atoms with Crippen LogP contribution in [0, 0.1) is 0 Å². The number of benzene rings is 2. The molecule has 1 aliphatic rings. The number of ether oxygens (including phenoxy) is 2. The van der Waals surface area contributed by atoms with E-state index in [-0.39, 0.29) is 12.4 Å². The summed E-state index contributed by atoms with van der Waals surface area (Å²) in [5.41, 5.74) is 6.87. The van der Waals surface area contributed by atoms with Crippen LogP contribution in [0.5, 0.6) is 11.5 Å². The Morgan fingerprint density at radius 2 is 1.94 bits per heavy atom. The van der Waals surface area contributed by atoms with Gasteiger partial charge in [-0.15, -0.1) is 0 Å². The lowest BCUT2D eigenvalue weighted by Crippen LogP contribution is -2.49. The number of methoxy groups -OCH3 is 1. The van der Waals surface area contributed by atoms with Crippen LogP contribution in [0.3, 0.4) is 0 Å². The Bertz CT molecular complexity index is 1040. The van der Waals surface area contributed by atoms with E-state index >= 15 is 0 Å². The number of primary amides is 1. The average Bonchev–Trinajstić information content (AvgIpc) is 3.22. The first-order chi connectivity index (χ1) is 15.0. The number of piperazine rings is 1. The second-order valence-electron chi connectivity index (χ2n) is 7.60. The molecule has 1 aliphatic heterocycles. The number of anilines is 1. The fraction of sp³-hybridized carbons (Fsp3) is 0.348. The summed E-state index contributed by atoms with van der Waals surface area (Å²) in [7, 11) is 1.69. The summed E-state index contributed by atoms with van der Waals surface area (Å²) in [6.45, 7) is 4.14. The molecule has 1 fully saturated rings. The molecule has 4 rings (SSSR count). The Balaban J connectivity index is 1.26. The molecule has 31 heavy (non-hydrogen) atoms. The third kappa shape index (κ3) is 4.92. The van der Waals surface area contributed by atoms with Gasteiger partial charge in [-0.3, -0.25) is 9.69 Å². The third-order valence-electron chi connectivity index (χ3n) is 5.44. The molecule has 3 aromatic rings. The van der Waals surface area contributed by atoms with Crippen LogP contribution in [0.2, 0.25) is 0 Å². The molecule has 1 unspecified atom stereocenters. The Labute approximate surface area is 180 Å². The number of carbonyl (C=O) groups excluding carboxylic acids is 1. The first-order valence-electron chi connectivity index (χ1n) is 10.3. The SMILES string of the molecule is COc1ccccc1N1CCN(CC(O)COc2ccc3cc(C(N)=O)oc3c2)CC1. The standard InChI is InChI=1S/C23H27N3O5/c1-29-20-5-3-2-4-19(20)26-10-8-25(9-11-26)14-17(27)15-30-18-7-6-16-12-22(23(24)28)31-21(16)13-18/h2-7,12-13,17,27H,8-11,14-15H2,1H3,(H2,24,28). The van der Waals surface area contributed by atoms with Crippen molar-refractivity contribution in [2.45, 2.75) is 6.10 Å². The van der Waals surface area contributed by atoms with Gasteiger partial charge in [0.25, 0.3) is 5.91 Å².